The second-order valence-electron chi connectivity index (χ2n) is 8.34. The van der Waals surface area contributed by atoms with E-state index in [0.29, 0.717) is 18.4 Å². The van der Waals surface area contributed by atoms with Gasteiger partial charge in [0.2, 0.25) is 5.91 Å². The van der Waals surface area contributed by atoms with E-state index in [9.17, 15) is 9.59 Å². The van der Waals surface area contributed by atoms with Crippen molar-refractivity contribution in [3.63, 3.8) is 0 Å². The number of nitrogens with zero attached hydrogens (tertiary/aromatic N) is 3. The van der Waals surface area contributed by atoms with Crippen LogP contribution in [0.25, 0.3) is 10.9 Å². The molecule has 2 aromatic rings. The fraction of sp³-hybridized carbons (Fsp3) is 0.500. The maximum absolute atomic E-state index is 13.3. The van der Waals surface area contributed by atoms with Gasteiger partial charge in [-0.3, -0.25) is 14.6 Å². The molecule has 0 unspecified atom stereocenters. The SMILES string of the molecule is O=C(C1CCC1)N1C[C@@H]2CC[C@H](C1)N(C(=O)c1ccc3ncccc3c1)C2. The Kier molecular flexibility index (Phi) is 4.10. The lowest BCUT2D eigenvalue weighted by Crippen LogP contribution is -2.48. The number of aromatic nitrogens is 1. The van der Waals surface area contributed by atoms with Crippen molar-refractivity contribution in [1.29, 1.82) is 0 Å². The third kappa shape index (κ3) is 2.99. The van der Waals surface area contributed by atoms with Crippen molar-refractivity contribution in [2.45, 2.75) is 38.1 Å². The first-order valence-electron chi connectivity index (χ1n) is 10.1. The molecular weight excluding hydrogens is 338 g/mol. The molecule has 1 saturated carbocycles. The number of hydrogen-bond acceptors (Lipinski definition) is 3. The number of amides is 2. The lowest BCUT2D eigenvalue weighted by Gasteiger charge is -2.36. The van der Waals surface area contributed by atoms with E-state index in [1.165, 1.54) is 6.42 Å². The molecule has 0 spiro atoms. The van der Waals surface area contributed by atoms with E-state index in [0.717, 1.165) is 55.2 Å². The average Bonchev–Trinajstić information content (AvgIpc) is 2.98. The van der Waals surface area contributed by atoms with Crippen LogP contribution >= 0.6 is 0 Å². The van der Waals surface area contributed by atoms with E-state index in [1.807, 2.05) is 35.2 Å². The summed E-state index contributed by atoms with van der Waals surface area (Å²) in [7, 11) is 0. The Bertz CT molecular complexity index is 892. The van der Waals surface area contributed by atoms with E-state index in [-0.39, 0.29) is 17.9 Å². The molecule has 0 radical (unpaired) electrons. The topological polar surface area (TPSA) is 53.5 Å². The molecule has 6 rings (SSSR count). The fourth-order valence-corrected chi connectivity index (χ4v) is 4.80. The van der Waals surface area contributed by atoms with Crippen LogP contribution in [0, 0.1) is 11.8 Å². The summed E-state index contributed by atoms with van der Waals surface area (Å²) in [4.78, 5) is 34.5. The monoisotopic (exact) mass is 363 g/mol. The normalized spacial score (nSPS) is 25.3. The number of hydrogen-bond donors (Lipinski definition) is 0. The van der Waals surface area contributed by atoms with Gasteiger partial charge in [0.25, 0.3) is 5.91 Å². The summed E-state index contributed by atoms with van der Waals surface area (Å²) in [5.41, 5.74) is 1.63. The largest absolute Gasteiger partial charge is 0.340 e. The summed E-state index contributed by atoms with van der Waals surface area (Å²) in [6, 6.07) is 9.78. The first-order valence-corrected chi connectivity index (χ1v) is 10.1. The molecule has 5 nitrogen and oxygen atoms in total. The molecule has 1 aromatic heterocycles. The molecule has 27 heavy (non-hydrogen) atoms. The van der Waals surface area contributed by atoms with Crippen molar-refractivity contribution in [3.8, 4) is 0 Å². The Balaban J connectivity index is 1.38. The summed E-state index contributed by atoms with van der Waals surface area (Å²) in [6.07, 6.45) is 7.14. The quantitative estimate of drug-likeness (QED) is 0.824. The van der Waals surface area contributed by atoms with E-state index >= 15 is 0 Å². The Labute approximate surface area is 159 Å². The van der Waals surface area contributed by atoms with Gasteiger partial charge in [0.15, 0.2) is 0 Å². The van der Waals surface area contributed by atoms with Crippen molar-refractivity contribution >= 4 is 22.7 Å². The molecule has 1 aromatic carbocycles. The summed E-state index contributed by atoms with van der Waals surface area (Å²) in [5.74, 6) is 1.05. The predicted molar refractivity (Wildman–Crippen MR) is 103 cm³/mol. The Morgan fingerprint density at radius 2 is 1.89 bits per heavy atom. The highest BCUT2D eigenvalue weighted by Crippen LogP contribution is 2.33. The molecule has 2 atom stereocenters. The second-order valence-corrected chi connectivity index (χ2v) is 8.34. The number of fused-ring (bicyclic) bond motifs is 5. The zero-order valence-corrected chi connectivity index (χ0v) is 15.5. The number of carbonyl (C=O) groups excluding carboxylic acids is 2. The molecule has 1 aliphatic carbocycles. The smallest absolute Gasteiger partial charge is 0.254 e. The minimum absolute atomic E-state index is 0.0911. The zero-order chi connectivity index (χ0) is 18.4. The van der Waals surface area contributed by atoms with Gasteiger partial charge >= 0.3 is 0 Å². The molecule has 4 heterocycles. The minimum Gasteiger partial charge on any atom is -0.340 e. The van der Waals surface area contributed by atoms with Crippen molar-refractivity contribution in [2.75, 3.05) is 19.6 Å². The van der Waals surface area contributed by atoms with Gasteiger partial charge in [0.1, 0.15) is 0 Å². The molecule has 3 aliphatic heterocycles. The number of benzene rings is 1. The van der Waals surface area contributed by atoms with E-state index < -0.39 is 0 Å². The van der Waals surface area contributed by atoms with Crippen molar-refractivity contribution in [3.05, 3.63) is 42.1 Å². The van der Waals surface area contributed by atoms with E-state index in [2.05, 4.69) is 9.88 Å². The van der Waals surface area contributed by atoms with Gasteiger partial charge in [-0.15, -0.1) is 0 Å². The molecule has 3 saturated heterocycles. The summed E-state index contributed by atoms with van der Waals surface area (Å²) in [5, 5.41) is 0.991. The van der Waals surface area contributed by atoms with E-state index in [1.54, 1.807) is 6.20 Å². The molecule has 5 heteroatoms. The van der Waals surface area contributed by atoms with Crippen LogP contribution < -0.4 is 0 Å². The Morgan fingerprint density at radius 1 is 1.00 bits per heavy atom. The van der Waals surface area contributed by atoms with Crippen LogP contribution in [0.15, 0.2) is 36.5 Å². The Morgan fingerprint density at radius 3 is 2.70 bits per heavy atom. The van der Waals surface area contributed by atoms with Crippen LogP contribution in [0.3, 0.4) is 0 Å². The number of pyridine rings is 1. The molecule has 0 N–H and O–H groups in total. The van der Waals surface area contributed by atoms with Crippen LogP contribution in [-0.2, 0) is 4.79 Å². The number of piperidine rings is 1. The van der Waals surface area contributed by atoms with Gasteiger partial charge < -0.3 is 9.80 Å². The summed E-state index contributed by atoms with van der Waals surface area (Å²) < 4.78 is 0. The van der Waals surface area contributed by atoms with Gasteiger partial charge in [-0.25, -0.2) is 0 Å². The highest BCUT2D eigenvalue weighted by atomic mass is 16.2. The highest BCUT2D eigenvalue weighted by molar-refractivity contribution is 5.98. The van der Waals surface area contributed by atoms with Gasteiger partial charge in [0, 0.05) is 48.7 Å². The van der Waals surface area contributed by atoms with Crippen LogP contribution in [0.5, 0.6) is 0 Å². The molecule has 140 valence electrons. The van der Waals surface area contributed by atoms with Gasteiger partial charge in [-0.2, -0.15) is 0 Å². The second kappa shape index (κ2) is 6.63. The van der Waals surface area contributed by atoms with Gasteiger partial charge in [-0.05, 0) is 55.9 Å². The summed E-state index contributed by atoms with van der Waals surface area (Å²) >= 11 is 0. The minimum atomic E-state index is 0.0911. The predicted octanol–water partition coefficient (Wildman–Crippen LogP) is 3.10. The molecule has 2 amide bonds. The summed E-state index contributed by atoms with van der Waals surface area (Å²) in [6.45, 7) is 2.28. The Hall–Kier alpha value is -2.43. The van der Waals surface area contributed by atoms with Crippen LogP contribution in [0.1, 0.15) is 42.5 Å². The van der Waals surface area contributed by atoms with Crippen LogP contribution in [0.4, 0.5) is 0 Å². The third-order valence-corrected chi connectivity index (χ3v) is 6.59. The molecule has 4 aliphatic rings. The average molecular weight is 363 g/mol. The lowest BCUT2D eigenvalue weighted by molar-refractivity contribution is -0.138. The van der Waals surface area contributed by atoms with Crippen molar-refractivity contribution < 1.29 is 9.59 Å². The first kappa shape index (κ1) is 16.7. The highest BCUT2D eigenvalue weighted by Gasteiger charge is 2.40. The van der Waals surface area contributed by atoms with Gasteiger partial charge in [0.05, 0.1) is 5.52 Å². The maximum atomic E-state index is 13.3. The standard InChI is InChI=1S/C22H25N3O2/c26-21(16-3-1-4-16)24-12-15-6-8-19(14-24)25(13-15)22(27)18-7-9-20-17(11-18)5-2-10-23-20/h2,5,7,9-11,15-16,19H,1,3-4,6,8,12-14H2/t15-,19+/m0/s1. The lowest BCUT2D eigenvalue weighted by atomic mass is 9.84. The first-order chi connectivity index (χ1) is 13.2. The van der Waals surface area contributed by atoms with E-state index in [4.69, 9.17) is 0 Å². The molecule has 4 fully saturated rings. The van der Waals surface area contributed by atoms with Crippen LogP contribution in [0.2, 0.25) is 0 Å². The third-order valence-electron chi connectivity index (χ3n) is 6.59. The molecular formula is C22H25N3O2. The number of carbonyl (C=O) groups is 2. The van der Waals surface area contributed by atoms with Crippen molar-refractivity contribution in [1.82, 2.24) is 14.8 Å². The maximum Gasteiger partial charge on any atom is 0.254 e. The zero-order valence-electron chi connectivity index (χ0n) is 15.5. The van der Waals surface area contributed by atoms with Gasteiger partial charge in [-0.1, -0.05) is 12.5 Å². The molecule has 2 bridgehead atoms. The number of rotatable bonds is 2. The van der Waals surface area contributed by atoms with Crippen molar-refractivity contribution in [2.24, 2.45) is 11.8 Å². The van der Waals surface area contributed by atoms with Crippen LogP contribution in [-0.4, -0.2) is 52.3 Å². The fourth-order valence-electron chi connectivity index (χ4n) is 4.80.